The zero-order chi connectivity index (χ0) is 9.84. The Bertz CT molecular complexity index is 291. The molecule has 0 spiro atoms. The lowest BCUT2D eigenvalue weighted by Gasteiger charge is -2.06. The molecule has 0 saturated carbocycles. The molecule has 0 heterocycles. The molecule has 13 heavy (non-hydrogen) atoms. The Morgan fingerprint density at radius 3 is 2.69 bits per heavy atom. The number of benzene rings is 1. The molecule has 0 saturated heterocycles. The Kier molecular flexibility index (Phi) is 3.63. The summed E-state index contributed by atoms with van der Waals surface area (Å²) in [5, 5.41) is 0.310. The van der Waals surface area contributed by atoms with Gasteiger partial charge in [0.2, 0.25) is 0 Å². The predicted molar refractivity (Wildman–Crippen MR) is 49.1 cm³/mol. The second-order valence-electron chi connectivity index (χ2n) is 2.77. The van der Waals surface area contributed by atoms with Gasteiger partial charge < -0.3 is 5.73 Å². The molecule has 1 nitrogen and oxygen atoms in total. The number of rotatable bonds is 3. The lowest BCUT2D eigenvalue weighted by molar-refractivity contribution is 0.337. The van der Waals surface area contributed by atoms with Crippen LogP contribution in [-0.4, -0.2) is 12.7 Å². The minimum atomic E-state index is -1.20. The fourth-order valence-electron chi connectivity index (χ4n) is 1.01. The number of halogens is 3. The number of hydrogen-bond acceptors (Lipinski definition) is 1. The van der Waals surface area contributed by atoms with Crippen LogP contribution in [0.3, 0.4) is 0 Å². The normalized spacial score (nSPS) is 12.9. The molecule has 1 atom stereocenters. The summed E-state index contributed by atoms with van der Waals surface area (Å²) >= 11 is 5.53. The summed E-state index contributed by atoms with van der Waals surface area (Å²) in [4.78, 5) is 0. The van der Waals surface area contributed by atoms with Crippen LogP contribution in [0.5, 0.6) is 0 Å². The molecule has 0 aromatic heterocycles. The third-order valence-corrected chi connectivity index (χ3v) is 1.95. The molecule has 1 aromatic carbocycles. The fourth-order valence-corrected chi connectivity index (χ4v) is 1.17. The molecule has 0 amide bonds. The quantitative estimate of drug-likeness (QED) is 0.805. The lowest BCUT2D eigenvalue weighted by atomic mass is 10.1. The highest BCUT2D eigenvalue weighted by Crippen LogP contribution is 2.16. The standard InChI is InChI=1S/C9H10ClF2N/c10-7-2-1-6(9(12)4-7)3-8(11)5-13/h1-2,4,8H,3,5,13H2. The van der Waals surface area contributed by atoms with Crippen molar-refractivity contribution in [3.05, 3.63) is 34.6 Å². The van der Waals surface area contributed by atoms with Gasteiger partial charge in [-0.15, -0.1) is 0 Å². The van der Waals surface area contributed by atoms with Crippen LogP contribution in [0.2, 0.25) is 5.02 Å². The van der Waals surface area contributed by atoms with E-state index < -0.39 is 12.0 Å². The van der Waals surface area contributed by atoms with Crippen LogP contribution in [0.1, 0.15) is 5.56 Å². The van der Waals surface area contributed by atoms with Crippen LogP contribution < -0.4 is 5.73 Å². The summed E-state index contributed by atoms with van der Waals surface area (Å²) in [5.41, 5.74) is 5.38. The second kappa shape index (κ2) is 4.53. The fraction of sp³-hybridized carbons (Fsp3) is 0.333. The van der Waals surface area contributed by atoms with Crippen LogP contribution in [0.15, 0.2) is 18.2 Å². The summed E-state index contributed by atoms with van der Waals surface area (Å²) in [6.45, 7) is -0.0952. The summed E-state index contributed by atoms with van der Waals surface area (Å²) in [5.74, 6) is -0.483. The van der Waals surface area contributed by atoms with Gasteiger partial charge in [-0.25, -0.2) is 8.78 Å². The van der Waals surface area contributed by atoms with Crippen molar-refractivity contribution >= 4 is 11.6 Å². The molecule has 0 aliphatic heterocycles. The van der Waals surface area contributed by atoms with E-state index in [0.29, 0.717) is 10.6 Å². The molecule has 72 valence electrons. The molecule has 0 fully saturated rings. The average molecular weight is 206 g/mol. The Hall–Kier alpha value is -0.670. The highest BCUT2D eigenvalue weighted by molar-refractivity contribution is 6.30. The maximum absolute atomic E-state index is 13.1. The molecule has 0 radical (unpaired) electrons. The van der Waals surface area contributed by atoms with Crippen LogP contribution in [-0.2, 0) is 6.42 Å². The van der Waals surface area contributed by atoms with Crippen LogP contribution in [0.4, 0.5) is 8.78 Å². The first-order chi connectivity index (χ1) is 6.13. The zero-order valence-electron chi connectivity index (χ0n) is 6.93. The van der Waals surface area contributed by atoms with Crippen molar-refractivity contribution in [1.82, 2.24) is 0 Å². The first-order valence-electron chi connectivity index (χ1n) is 3.91. The van der Waals surface area contributed by atoms with Gasteiger partial charge in [0, 0.05) is 18.0 Å². The molecule has 1 rings (SSSR count). The van der Waals surface area contributed by atoms with Gasteiger partial charge in [-0.1, -0.05) is 17.7 Å². The summed E-state index contributed by atoms with van der Waals surface area (Å²) in [6.07, 6.45) is -1.20. The SMILES string of the molecule is NCC(F)Cc1ccc(Cl)cc1F. The molecule has 1 unspecified atom stereocenters. The van der Waals surface area contributed by atoms with E-state index in [1.54, 1.807) is 0 Å². The van der Waals surface area contributed by atoms with Gasteiger partial charge in [0.15, 0.2) is 0 Å². The molecule has 0 bridgehead atoms. The molecule has 2 N–H and O–H groups in total. The smallest absolute Gasteiger partial charge is 0.127 e. The monoisotopic (exact) mass is 205 g/mol. The first kappa shape index (κ1) is 10.4. The molecule has 0 aliphatic carbocycles. The second-order valence-corrected chi connectivity index (χ2v) is 3.21. The van der Waals surface area contributed by atoms with E-state index in [9.17, 15) is 8.78 Å². The van der Waals surface area contributed by atoms with Crippen molar-refractivity contribution in [2.45, 2.75) is 12.6 Å². The number of nitrogens with two attached hydrogens (primary N) is 1. The number of hydrogen-bond donors (Lipinski definition) is 1. The van der Waals surface area contributed by atoms with Crippen LogP contribution >= 0.6 is 11.6 Å². The summed E-state index contributed by atoms with van der Waals surface area (Å²) in [6, 6.07) is 4.17. The van der Waals surface area contributed by atoms with E-state index in [4.69, 9.17) is 17.3 Å². The van der Waals surface area contributed by atoms with Crippen molar-refractivity contribution in [3.63, 3.8) is 0 Å². The Morgan fingerprint density at radius 1 is 1.46 bits per heavy atom. The Balaban J connectivity index is 2.77. The highest BCUT2D eigenvalue weighted by atomic mass is 35.5. The highest BCUT2D eigenvalue weighted by Gasteiger charge is 2.09. The van der Waals surface area contributed by atoms with Gasteiger partial charge in [-0.3, -0.25) is 0 Å². The van der Waals surface area contributed by atoms with Gasteiger partial charge in [0.1, 0.15) is 12.0 Å². The number of alkyl halides is 1. The maximum atomic E-state index is 13.1. The zero-order valence-corrected chi connectivity index (χ0v) is 7.69. The predicted octanol–water partition coefficient (Wildman–Crippen LogP) is 2.32. The molecular weight excluding hydrogens is 196 g/mol. The molecule has 1 aromatic rings. The van der Waals surface area contributed by atoms with Gasteiger partial charge in [-0.05, 0) is 17.7 Å². The van der Waals surface area contributed by atoms with Crippen molar-refractivity contribution in [3.8, 4) is 0 Å². The van der Waals surface area contributed by atoms with E-state index in [0.717, 1.165) is 0 Å². The third-order valence-electron chi connectivity index (χ3n) is 1.71. The van der Waals surface area contributed by atoms with Crippen molar-refractivity contribution < 1.29 is 8.78 Å². The summed E-state index contributed by atoms with van der Waals surface area (Å²) < 4.78 is 25.8. The van der Waals surface area contributed by atoms with Crippen LogP contribution in [0, 0.1) is 5.82 Å². The maximum Gasteiger partial charge on any atom is 0.127 e. The van der Waals surface area contributed by atoms with E-state index in [1.165, 1.54) is 18.2 Å². The Morgan fingerprint density at radius 2 is 2.15 bits per heavy atom. The van der Waals surface area contributed by atoms with E-state index >= 15 is 0 Å². The van der Waals surface area contributed by atoms with Crippen molar-refractivity contribution in [2.75, 3.05) is 6.54 Å². The van der Waals surface area contributed by atoms with Crippen molar-refractivity contribution in [1.29, 1.82) is 0 Å². The van der Waals surface area contributed by atoms with Gasteiger partial charge >= 0.3 is 0 Å². The van der Waals surface area contributed by atoms with E-state index in [-0.39, 0.29) is 13.0 Å². The molecular formula is C9H10ClF2N. The van der Waals surface area contributed by atoms with Gasteiger partial charge in [0.25, 0.3) is 0 Å². The molecule has 0 aliphatic rings. The first-order valence-corrected chi connectivity index (χ1v) is 4.29. The third kappa shape index (κ3) is 2.94. The average Bonchev–Trinajstić information content (AvgIpc) is 2.09. The van der Waals surface area contributed by atoms with Gasteiger partial charge in [0.05, 0.1) is 0 Å². The summed E-state index contributed by atoms with van der Waals surface area (Å²) in [7, 11) is 0. The minimum Gasteiger partial charge on any atom is -0.328 e. The van der Waals surface area contributed by atoms with E-state index in [1.807, 2.05) is 0 Å². The largest absolute Gasteiger partial charge is 0.328 e. The van der Waals surface area contributed by atoms with Crippen molar-refractivity contribution in [2.24, 2.45) is 5.73 Å². The van der Waals surface area contributed by atoms with Crippen LogP contribution in [0.25, 0.3) is 0 Å². The Labute approximate surface area is 80.5 Å². The topological polar surface area (TPSA) is 26.0 Å². The lowest BCUT2D eigenvalue weighted by Crippen LogP contribution is -2.18. The van der Waals surface area contributed by atoms with E-state index in [2.05, 4.69) is 0 Å². The van der Waals surface area contributed by atoms with Gasteiger partial charge in [-0.2, -0.15) is 0 Å². The molecule has 4 heteroatoms. The minimum absolute atomic E-state index is 0.000494.